The van der Waals surface area contributed by atoms with Crippen LogP contribution in [0.25, 0.3) is 0 Å². The molecule has 0 spiro atoms. The zero-order chi connectivity index (χ0) is 9.14. The first-order valence-electron chi connectivity index (χ1n) is 4.63. The Morgan fingerprint density at radius 2 is 2.25 bits per heavy atom. The van der Waals surface area contributed by atoms with Crippen LogP contribution in [0.4, 0.5) is 0 Å². The molecule has 2 unspecified atom stereocenters. The summed E-state index contributed by atoms with van der Waals surface area (Å²) in [6, 6.07) is 0.308. The highest BCUT2D eigenvalue weighted by atomic mass is 16.2. The van der Waals surface area contributed by atoms with Gasteiger partial charge in [-0.3, -0.25) is 4.79 Å². The lowest BCUT2D eigenvalue weighted by molar-refractivity contribution is -0.125. The fourth-order valence-electron chi connectivity index (χ4n) is 1.47. The fourth-order valence-corrected chi connectivity index (χ4v) is 1.47. The van der Waals surface area contributed by atoms with Gasteiger partial charge in [-0.2, -0.15) is 0 Å². The third-order valence-corrected chi connectivity index (χ3v) is 2.08. The van der Waals surface area contributed by atoms with Crippen LogP contribution in [0, 0.1) is 5.92 Å². The van der Waals surface area contributed by atoms with E-state index in [1.165, 1.54) is 0 Å². The molecule has 2 atom stereocenters. The lowest BCUT2D eigenvalue weighted by Crippen LogP contribution is -2.57. The maximum absolute atomic E-state index is 11.4. The minimum atomic E-state index is 0.0289. The monoisotopic (exact) mass is 170 g/mol. The molecule has 0 aromatic rings. The van der Waals surface area contributed by atoms with E-state index in [4.69, 9.17) is 0 Å². The molecule has 0 bridgehead atoms. The standard InChI is InChI=1S/C9H18N2O/c1-6(2)4-8-9(12)11-7(3)5-10-8/h6-8,10H,4-5H2,1-3H3,(H,11,12). The van der Waals surface area contributed by atoms with Crippen molar-refractivity contribution in [3.05, 3.63) is 0 Å². The minimum Gasteiger partial charge on any atom is -0.351 e. The van der Waals surface area contributed by atoms with E-state index >= 15 is 0 Å². The van der Waals surface area contributed by atoms with E-state index < -0.39 is 0 Å². The van der Waals surface area contributed by atoms with Gasteiger partial charge in [-0.1, -0.05) is 13.8 Å². The molecular weight excluding hydrogens is 152 g/mol. The Balaban J connectivity index is 2.40. The number of hydrogen-bond acceptors (Lipinski definition) is 2. The Morgan fingerprint density at radius 1 is 1.58 bits per heavy atom. The summed E-state index contributed by atoms with van der Waals surface area (Å²) in [5, 5.41) is 6.17. The van der Waals surface area contributed by atoms with Crippen molar-refractivity contribution in [2.75, 3.05) is 6.54 Å². The van der Waals surface area contributed by atoms with Gasteiger partial charge in [0.25, 0.3) is 0 Å². The molecule has 1 rings (SSSR count). The van der Waals surface area contributed by atoms with Gasteiger partial charge < -0.3 is 10.6 Å². The Labute approximate surface area is 73.9 Å². The largest absolute Gasteiger partial charge is 0.351 e. The van der Waals surface area contributed by atoms with E-state index in [9.17, 15) is 4.79 Å². The second kappa shape index (κ2) is 3.90. The van der Waals surface area contributed by atoms with Crippen molar-refractivity contribution < 1.29 is 4.79 Å². The Bertz CT molecular complexity index is 168. The predicted octanol–water partition coefficient (Wildman–Crippen LogP) is 0.509. The van der Waals surface area contributed by atoms with Crippen molar-refractivity contribution >= 4 is 5.91 Å². The molecule has 70 valence electrons. The van der Waals surface area contributed by atoms with E-state index in [1.807, 2.05) is 6.92 Å². The number of carbonyl (C=O) groups excluding carboxylic acids is 1. The summed E-state index contributed by atoms with van der Waals surface area (Å²) >= 11 is 0. The second-order valence-electron chi connectivity index (χ2n) is 4.00. The number of rotatable bonds is 2. The van der Waals surface area contributed by atoms with Crippen molar-refractivity contribution in [1.82, 2.24) is 10.6 Å². The number of nitrogens with one attached hydrogen (secondary N) is 2. The van der Waals surface area contributed by atoms with Gasteiger partial charge in [0.1, 0.15) is 0 Å². The number of carbonyl (C=O) groups is 1. The van der Waals surface area contributed by atoms with E-state index in [0.717, 1.165) is 13.0 Å². The van der Waals surface area contributed by atoms with Crippen LogP contribution in [-0.2, 0) is 4.79 Å². The SMILES string of the molecule is CC(C)CC1NCC(C)NC1=O. The molecule has 12 heavy (non-hydrogen) atoms. The zero-order valence-electron chi connectivity index (χ0n) is 8.05. The lowest BCUT2D eigenvalue weighted by atomic mass is 10.0. The number of amides is 1. The van der Waals surface area contributed by atoms with E-state index in [1.54, 1.807) is 0 Å². The second-order valence-corrected chi connectivity index (χ2v) is 4.00. The minimum absolute atomic E-state index is 0.0289. The van der Waals surface area contributed by atoms with Gasteiger partial charge in [0.05, 0.1) is 6.04 Å². The molecule has 0 aliphatic carbocycles. The first kappa shape index (κ1) is 9.52. The van der Waals surface area contributed by atoms with Crippen LogP contribution in [0.1, 0.15) is 27.2 Å². The summed E-state index contributed by atoms with van der Waals surface area (Å²) in [6.45, 7) is 7.17. The first-order chi connectivity index (χ1) is 5.59. The Kier molecular flexibility index (Phi) is 3.09. The van der Waals surface area contributed by atoms with Gasteiger partial charge in [-0.25, -0.2) is 0 Å². The van der Waals surface area contributed by atoms with Crippen LogP contribution in [0.3, 0.4) is 0 Å². The third-order valence-electron chi connectivity index (χ3n) is 2.08. The fraction of sp³-hybridized carbons (Fsp3) is 0.889. The van der Waals surface area contributed by atoms with Gasteiger partial charge in [-0.15, -0.1) is 0 Å². The highest BCUT2D eigenvalue weighted by Crippen LogP contribution is 2.07. The van der Waals surface area contributed by atoms with Crippen LogP contribution in [0.15, 0.2) is 0 Å². The molecule has 1 aliphatic rings. The molecule has 0 aromatic carbocycles. The molecule has 1 aliphatic heterocycles. The summed E-state index contributed by atoms with van der Waals surface area (Å²) in [7, 11) is 0. The van der Waals surface area contributed by atoms with Gasteiger partial charge in [0, 0.05) is 12.6 Å². The summed E-state index contributed by atoms with van der Waals surface area (Å²) in [5.74, 6) is 0.726. The van der Waals surface area contributed by atoms with Crippen LogP contribution >= 0.6 is 0 Å². The average Bonchev–Trinajstić information content (AvgIpc) is 1.94. The summed E-state index contributed by atoms with van der Waals surface area (Å²) in [4.78, 5) is 11.4. The highest BCUT2D eigenvalue weighted by Gasteiger charge is 2.25. The number of piperazine rings is 1. The molecule has 0 aromatic heterocycles. The first-order valence-corrected chi connectivity index (χ1v) is 4.63. The molecule has 0 saturated carbocycles. The van der Waals surface area contributed by atoms with Crippen LogP contribution in [-0.4, -0.2) is 24.5 Å². The maximum atomic E-state index is 11.4. The molecule has 3 nitrogen and oxygen atoms in total. The average molecular weight is 170 g/mol. The summed E-state index contributed by atoms with van der Waals surface area (Å²) in [5.41, 5.74) is 0. The van der Waals surface area contributed by atoms with Crippen molar-refractivity contribution in [2.24, 2.45) is 5.92 Å². The van der Waals surface area contributed by atoms with Crippen LogP contribution < -0.4 is 10.6 Å². The van der Waals surface area contributed by atoms with Crippen molar-refractivity contribution in [3.63, 3.8) is 0 Å². The normalized spacial score (nSPS) is 30.5. The topological polar surface area (TPSA) is 41.1 Å². The molecule has 0 radical (unpaired) electrons. The quantitative estimate of drug-likeness (QED) is 0.634. The Hall–Kier alpha value is -0.570. The lowest BCUT2D eigenvalue weighted by Gasteiger charge is -2.29. The van der Waals surface area contributed by atoms with E-state index in [-0.39, 0.29) is 18.0 Å². The predicted molar refractivity (Wildman–Crippen MR) is 48.9 cm³/mol. The van der Waals surface area contributed by atoms with Gasteiger partial charge in [0.2, 0.25) is 5.91 Å². The third kappa shape index (κ3) is 2.48. The molecule has 2 N–H and O–H groups in total. The van der Waals surface area contributed by atoms with Crippen molar-refractivity contribution in [1.29, 1.82) is 0 Å². The molecule has 1 heterocycles. The Morgan fingerprint density at radius 3 is 2.75 bits per heavy atom. The molecule has 1 saturated heterocycles. The molecule has 1 fully saturated rings. The maximum Gasteiger partial charge on any atom is 0.237 e. The summed E-state index contributed by atoms with van der Waals surface area (Å²) in [6.07, 6.45) is 0.929. The van der Waals surface area contributed by atoms with E-state index in [2.05, 4.69) is 24.5 Å². The van der Waals surface area contributed by atoms with Gasteiger partial charge >= 0.3 is 0 Å². The summed E-state index contributed by atoms with van der Waals surface area (Å²) < 4.78 is 0. The van der Waals surface area contributed by atoms with Gasteiger partial charge in [0.15, 0.2) is 0 Å². The number of hydrogen-bond donors (Lipinski definition) is 2. The molecular formula is C9H18N2O. The highest BCUT2D eigenvalue weighted by molar-refractivity contribution is 5.82. The van der Waals surface area contributed by atoms with Crippen molar-refractivity contribution in [2.45, 2.75) is 39.3 Å². The van der Waals surface area contributed by atoms with E-state index in [0.29, 0.717) is 5.92 Å². The van der Waals surface area contributed by atoms with Gasteiger partial charge in [-0.05, 0) is 19.3 Å². The molecule has 3 heteroatoms. The van der Waals surface area contributed by atoms with Crippen LogP contribution in [0.5, 0.6) is 0 Å². The smallest absolute Gasteiger partial charge is 0.237 e. The zero-order valence-corrected chi connectivity index (χ0v) is 8.05. The molecule has 1 amide bonds. The van der Waals surface area contributed by atoms with Crippen LogP contribution in [0.2, 0.25) is 0 Å². The van der Waals surface area contributed by atoms with Crippen molar-refractivity contribution in [3.8, 4) is 0 Å².